The van der Waals surface area contributed by atoms with E-state index in [1.165, 1.54) is 6.42 Å². The minimum atomic E-state index is 0. The molecule has 0 aromatic carbocycles. The lowest BCUT2D eigenvalue weighted by molar-refractivity contribution is 0.173. The Morgan fingerprint density at radius 1 is 1.23 bits per heavy atom. The molecule has 0 aliphatic carbocycles. The van der Waals surface area contributed by atoms with Crippen LogP contribution in [0.2, 0.25) is 0 Å². The molecular formula is C17H37IN4. The lowest BCUT2D eigenvalue weighted by atomic mass is 9.93. The van der Waals surface area contributed by atoms with Crippen molar-refractivity contribution in [1.82, 2.24) is 15.1 Å². The molecule has 0 aromatic heterocycles. The van der Waals surface area contributed by atoms with Crippen molar-refractivity contribution < 1.29 is 0 Å². The standard InChI is InChI=1S/C17H36N4.HI/c1-14(2)21(15(3)4)11-8-10-19-16(18-7)20-12-9-17(5,6)13-20;/h14-15H,8-13H2,1-7H3,(H,18,19);1H. The summed E-state index contributed by atoms with van der Waals surface area (Å²) in [5.74, 6) is 1.07. The number of likely N-dealkylation sites (tertiary alicyclic amines) is 1. The molecule has 22 heavy (non-hydrogen) atoms. The van der Waals surface area contributed by atoms with Crippen LogP contribution in [-0.4, -0.2) is 61.1 Å². The number of hydrogen-bond donors (Lipinski definition) is 1. The first-order valence-corrected chi connectivity index (χ1v) is 8.48. The second-order valence-electron chi connectivity index (χ2n) is 7.59. The summed E-state index contributed by atoms with van der Waals surface area (Å²) < 4.78 is 0. The molecule has 4 nitrogen and oxygen atoms in total. The predicted octanol–water partition coefficient (Wildman–Crippen LogP) is 3.42. The molecule has 1 N–H and O–H groups in total. The van der Waals surface area contributed by atoms with Gasteiger partial charge >= 0.3 is 0 Å². The van der Waals surface area contributed by atoms with Gasteiger partial charge in [0.2, 0.25) is 0 Å². The van der Waals surface area contributed by atoms with Gasteiger partial charge in [0, 0.05) is 45.3 Å². The number of guanidine groups is 1. The highest BCUT2D eigenvalue weighted by molar-refractivity contribution is 14.0. The van der Waals surface area contributed by atoms with Crippen LogP contribution < -0.4 is 5.32 Å². The first kappa shape index (κ1) is 22.0. The molecule has 1 fully saturated rings. The van der Waals surface area contributed by atoms with Crippen LogP contribution >= 0.6 is 24.0 Å². The van der Waals surface area contributed by atoms with Crippen molar-refractivity contribution in [3.8, 4) is 0 Å². The summed E-state index contributed by atoms with van der Waals surface area (Å²) in [6.45, 7) is 18.2. The van der Waals surface area contributed by atoms with E-state index < -0.39 is 0 Å². The van der Waals surface area contributed by atoms with Crippen molar-refractivity contribution in [2.75, 3.05) is 33.2 Å². The van der Waals surface area contributed by atoms with Gasteiger partial charge in [0.25, 0.3) is 0 Å². The molecule has 0 aromatic rings. The molecule has 1 rings (SSSR count). The zero-order chi connectivity index (χ0) is 16.0. The van der Waals surface area contributed by atoms with Crippen LogP contribution in [0.3, 0.4) is 0 Å². The van der Waals surface area contributed by atoms with Gasteiger partial charge in [-0.25, -0.2) is 0 Å². The number of aliphatic imine (C=N–C) groups is 1. The topological polar surface area (TPSA) is 30.9 Å². The lowest BCUT2D eigenvalue weighted by Gasteiger charge is -2.30. The largest absolute Gasteiger partial charge is 0.356 e. The molecule has 132 valence electrons. The smallest absolute Gasteiger partial charge is 0.193 e. The maximum atomic E-state index is 4.44. The van der Waals surface area contributed by atoms with E-state index >= 15 is 0 Å². The summed E-state index contributed by atoms with van der Waals surface area (Å²) in [5, 5.41) is 3.53. The molecule has 0 bridgehead atoms. The zero-order valence-electron chi connectivity index (χ0n) is 15.6. The summed E-state index contributed by atoms with van der Waals surface area (Å²) in [6.07, 6.45) is 2.41. The predicted molar refractivity (Wildman–Crippen MR) is 108 cm³/mol. The molecule has 0 radical (unpaired) electrons. The Hall–Kier alpha value is -0.0400. The fourth-order valence-corrected chi connectivity index (χ4v) is 3.20. The van der Waals surface area contributed by atoms with Gasteiger partial charge in [-0.1, -0.05) is 13.8 Å². The van der Waals surface area contributed by atoms with E-state index in [1.54, 1.807) is 0 Å². The number of rotatable bonds is 6. The van der Waals surface area contributed by atoms with Crippen molar-refractivity contribution in [3.63, 3.8) is 0 Å². The normalized spacial score (nSPS) is 18.3. The monoisotopic (exact) mass is 424 g/mol. The van der Waals surface area contributed by atoms with Crippen LogP contribution in [0.1, 0.15) is 54.4 Å². The van der Waals surface area contributed by atoms with E-state index in [4.69, 9.17) is 0 Å². The van der Waals surface area contributed by atoms with E-state index in [2.05, 4.69) is 61.7 Å². The third-order valence-corrected chi connectivity index (χ3v) is 4.39. The summed E-state index contributed by atoms with van der Waals surface area (Å²) in [6, 6.07) is 1.23. The van der Waals surface area contributed by atoms with Gasteiger partial charge < -0.3 is 10.2 Å². The lowest BCUT2D eigenvalue weighted by Crippen LogP contribution is -2.43. The maximum absolute atomic E-state index is 4.44. The van der Waals surface area contributed by atoms with Gasteiger partial charge in [0.05, 0.1) is 0 Å². The Labute approximate surface area is 155 Å². The SMILES string of the molecule is CN=C(NCCCN(C(C)C)C(C)C)N1CCC(C)(C)C1.I. The van der Waals surface area contributed by atoms with Crippen LogP contribution in [0.25, 0.3) is 0 Å². The van der Waals surface area contributed by atoms with Crippen LogP contribution in [0.4, 0.5) is 0 Å². The molecule has 0 unspecified atom stereocenters. The molecule has 1 aliphatic heterocycles. The fraction of sp³-hybridized carbons (Fsp3) is 0.941. The highest BCUT2D eigenvalue weighted by Crippen LogP contribution is 2.28. The fourth-order valence-electron chi connectivity index (χ4n) is 3.20. The van der Waals surface area contributed by atoms with Crippen molar-refractivity contribution in [2.24, 2.45) is 10.4 Å². The Kier molecular flexibility index (Phi) is 9.94. The Morgan fingerprint density at radius 2 is 1.82 bits per heavy atom. The summed E-state index contributed by atoms with van der Waals surface area (Å²) >= 11 is 0. The average Bonchev–Trinajstić information content (AvgIpc) is 2.73. The number of halogens is 1. The molecule has 1 aliphatic rings. The van der Waals surface area contributed by atoms with Crippen molar-refractivity contribution in [2.45, 2.75) is 66.5 Å². The van der Waals surface area contributed by atoms with Gasteiger partial charge in [-0.05, 0) is 46.0 Å². The quantitative estimate of drug-likeness (QED) is 0.307. The van der Waals surface area contributed by atoms with Crippen LogP contribution in [0.15, 0.2) is 4.99 Å². The number of nitrogens with one attached hydrogen (secondary N) is 1. The molecule has 1 heterocycles. The van der Waals surface area contributed by atoms with Crippen LogP contribution in [0.5, 0.6) is 0 Å². The van der Waals surface area contributed by atoms with E-state index in [0.29, 0.717) is 17.5 Å². The third kappa shape index (κ3) is 7.02. The second kappa shape index (κ2) is 9.96. The third-order valence-electron chi connectivity index (χ3n) is 4.39. The van der Waals surface area contributed by atoms with Crippen molar-refractivity contribution >= 4 is 29.9 Å². The molecule has 0 spiro atoms. The minimum Gasteiger partial charge on any atom is -0.356 e. The number of hydrogen-bond acceptors (Lipinski definition) is 2. The maximum Gasteiger partial charge on any atom is 0.193 e. The summed E-state index contributed by atoms with van der Waals surface area (Å²) in [4.78, 5) is 9.38. The van der Waals surface area contributed by atoms with Crippen LogP contribution in [0, 0.1) is 5.41 Å². The highest BCUT2D eigenvalue weighted by Gasteiger charge is 2.30. The van der Waals surface area contributed by atoms with E-state index in [0.717, 1.165) is 38.6 Å². The van der Waals surface area contributed by atoms with Crippen LogP contribution in [-0.2, 0) is 0 Å². The molecule has 5 heteroatoms. The molecule has 0 amide bonds. The van der Waals surface area contributed by atoms with Gasteiger partial charge in [-0.2, -0.15) is 0 Å². The minimum absolute atomic E-state index is 0. The highest BCUT2D eigenvalue weighted by atomic mass is 127. The van der Waals surface area contributed by atoms with E-state index in [1.807, 2.05) is 7.05 Å². The zero-order valence-corrected chi connectivity index (χ0v) is 18.0. The Bertz CT molecular complexity index is 332. The number of nitrogens with zero attached hydrogens (tertiary/aromatic N) is 3. The first-order valence-electron chi connectivity index (χ1n) is 8.48. The molecule has 1 saturated heterocycles. The van der Waals surface area contributed by atoms with Gasteiger partial charge in [0.15, 0.2) is 5.96 Å². The molecule has 0 saturated carbocycles. The van der Waals surface area contributed by atoms with Gasteiger partial charge in [-0.3, -0.25) is 9.89 Å². The Balaban J connectivity index is 0.00000441. The first-order chi connectivity index (χ1) is 9.76. The molecular weight excluding hydrogens is 387 g/mol. The van der Waals surface area contributed by atoms with Gasteiger partial charge in [0.1, 0.15) is 0 Å². The summed E-state index contributed by atoms with van der Waals surface area (Å²) in [7, 11) is 1.89. The van der Waals surface area contributed by atoms with Crippen molar-refractivity contribution in [1.29, 1.82) is 0 Å². The summed E-state index contributed by atoms with van der Waals surface area (Å²) in [5.41, 5.74) is 0.420. The van der Waals surface area contributed by atoms with Gasteiger partial charge in [-0.15, -0.1) is 24.0 Å². The second-order valence-corrected chi connectivity index (χ2v) is 7.59. The average molecular weight is 424 g/mol. The Morgan fingerprint density at radius 3 is 2.23 bits per heavy atom. The van der Waals surface area contributed by atoms with E-state index in [-0.39, 0.29) is 24.0 Å². The van der Waals surface area contributed by atoms with E-state index in [9.17, 15) is 0 Å². The van der Waals surface area contributed by atoms with Crippen molar-refractivity contribution in [3.05, 3.63) is 0 Å². The molecule has 0 atom stereocenters.